The fourth-order valence-electron chi connectivity index (χ4n) is 1.97. The fourth-order valence-corrected chi connectivity index (χ4v) is 1.97. The summed E-state index contributed by atoms with van der Waals surface area (Å²) >= 11 is 0. The second-order valence-corrected chi connectivity index (χ2v) is 4.40. The van der Waals surface area contributed by atoms with E-state index in [9.17, 15) is 4.79 Å². The second kappa shape index (κ2) is 4.53. The lowest BCUT2D eigenvalue weighted by atomic mass is 10.2. The molecule has 5 heteroatoms. The maximum atomic E-state index is 11.8. The third-order valence-corrected chi connectivity index (χ3v) is 3.11. The number of benzene rings is 1. The van der Waals surface area contributed by atoms with Crippen molar-refractivity contribution in [2.45, 2.75) is 6.42 Å². The van der Waals surface area contributed by atoms with Crippen molar-refractivity contribution in [1.82, 2.24) is 4.90 Å². The number of carbonyl (C=O) groups is 1. The smallest absolute Gasteiger partial charge is 0.241 e. The highest BCUT2D eigenvalue weighted by Crippen LogP contribution is 2.23. The molecule has 1 heterocycles. The number of rotatable bonds is 1. The molecule has 0 aliphatic carbocycles. The first-order valence-corrected chi connectivity index (χ1v) is 5.72. The molecule has 0 radical (unpaired) electrons. The van der Waals surface area contributed by atoms with Crippen molar-refractivity contribution in [2.75, 3.05) is 43.0 Å². The lowest BCUT2D eigenvalue weighted by Crippen LogP contribution is -2.34. The molecule has 5 nitrogen and oxygen atoms in total. The van der Waals surface area contributed by atoms with Crippen LogP contribution in [0.3, 0.4) is 0 Å². The first-order valence-electron chi connectivity index (χ1n) is 5.72. The van der Waals surface area contributed by atoms with Crippen molar-refractivity contribution >= 4 is 23.0 Å². The summed E-state index contributed by atoms with van der Waals surface area (Å²) in [7, 11) is 1.84. The van der Waals surface area contributed by atoms with E-state index in [0.717, 1.165) is 25.2 Å². The van der Waals surface area contributed by atoms with Gasteiger partial charge in [0.05, 0.1) is 17.9 Å². The number of likely N-dealkylation sites (N-methyl/N-ethyl adjacent to an activating group) is 1. The normalized spacial score (nSPS) is 17.1. The van der Waals surface area contributed by atoms with Crippen LogP contribution in [0.15, 0.2) is 18.2 Å². The molecule has 0 aromatic heterocycles. The quantitative estimate of drug-likeness (QED) is 0.695. The molecule has 0 saturated carbocycles. The van der Waals surface area contributed by atoms with Crippen LogP contribution in [0.1, 0.15) is 6.42 Å². The van der Waals surface area contributed by atoms with E-state index in [2.05, 4.69) is 0 Å². The highest BCUT2D eigenvalue weighted by Gasteiger charge is 2.19. The Hall–Kier alpha value is -1.91. The predicted molar refractivity (Wildman–Crippen MR) is 69.7 cm³/mol. The zero-order valence-electron chi connectivity index (χ0n) is 10.0. The third-order valence-electron chi connectivity index (χ3n) is 3.11. The van der Waals surface area contributed by atoms with Crippen molar-refractivity contribution in [2.24, 2.45) is 0 Å². The molecule has 2 rings (SSSR count). The maximum absolute atomic E-state index is 11.8. The van der Waals surface area contributed by atoms with Gasteiger partial charge in [0.1, 0.15) is 0 Å². The first kappa shape index (κ1) is 11.6. The van der Waals surface area contributed by atoms with Crippen molar-refractivity contribution in [3.05, 3.63) is 18.2 Å². The highest BCUT2D eigenvalue weighted by molar-refractivity contribution is 5.82. The summed E-state index contributed by atoms with van der Waals surface area (Å²) in [5.74, 6) is 0.137. The number of nitrogens with zero attached hydrogens (tertiary/aromatic N) is 2. The lowest BCUT2D eigenvalue weighted by Gasteiger charge is -2.22. The number of amides is 1. The molecule has 0 bridgehead atoms. The van der Waals surface area contributed by atoms with Gasteiger partial charge in [-0.2, -0.15) is 0 Å². The molecule has 1 fully saturated rings. The van der Waals surface area contributed by atoms with Gasteiger partial charge in [0, 0.05) is 25.8 Å². The minimum absolute atomic E-state index is 0.137. The monoisotopic (exact) mass is 234 g/mol. The average molecular weight is 234 g/mol. The number of carbonyl (C=O) groups excluding carboxylic acids is 1. The molecule has 4 N–H and O–H groups in total. The Labute approximate surface area is 101 Å². The Morgan fingerprint density at radius 2 is 1.94 bits per heavy atom. The summed E-state index contributed by atoms with van der Waals surface area (Å²) in [4.78, 5) is 15.6. The van der Waals surface area contributed by atoms with Crippen molar-refractivity contribution in [1.29, 1.82) is 0 Å². The van der Waals surface area contributed by atoms with Crippen molar-refractivity contribution < 1.29 is 4.79 Å². The van der Waals surface area contributed by atoms with Crippen LogP contribution in [0, 0.1) is 0 Å². The Bertz CT molecular complexity index is 433. The van der Waals surface area contributed by atoms with Crippen LogP contribution < -0.4 is 16.4 Å². The number of nitrogen functional groups attached to an aromatic ring is 2. The topological polar surface area (TPSA) is 75.6 Å². The SMILES string of the molecule is CN1CCCN(c2ccc(N)c(N)c2)CC1=O. The zero-order chi connectivity index (χ0) is 12.4. The van der Waals surface area contributed by atoms with E-state index >= 15 is 0 Å². The fraction of sp³-hybridized carbons (Fsp3) is 0.417. The van der Waals surface area contributed by atoms with Crippen molar-refractivity contribution in [3.63, 3.8) is 0 Å². The summed E-state index contributed by atoms with van der Waals surface area (Å²) in [5.41, 5.74) is 13.6. The van der Waals surface area contributed by atoms with Crippen LogP contribution in [-0.2, 0) is 4.79 Å². The van der Waals surface area contributed by atoms with E-state index in [1.54, 1.807) is 11.0 Å². The molecule has 0 atom stereocenters. The molecule has 1 saturated heterocycles. The Kier molecular flexibility index (Phi) is 3.08. The summed E-state index contributed by atoms with van der Waals surface area (Å²) in [6.45, 7) is 2.07. The standard InChI is InChI=1S/C12H18N4O/c1-15-5-2-6-16(8-12(15)17)9-3-4-10(13)11(14)7-9/h3-4,7H,2,5-6,8,13-14H2,1H3. The van der Waals surface area contributed by atoms with E-state index in [1.807, 2.05) is 24.1 Å². The molecule has 1 aromatic carbocycles. The zero-order valence-corrected chi connectivity index (χ0v) is 10.0. The van der Waals surface area contributed by atoms with Crippen LogP contribution in [0.2, 0.25) is 0 Å². The third kappa shape index (κ3) is 2.43. The van der Waals surface area contributed by atoms with E-state index in [4.69, 9.17) is 11.5 Å². The van der Waals surface area contributed by atoms with Gasteiger partial charge in [0.2, 0.25) is 5.91 Å². The van der Waals surface area contributed by atoms with Gasteiger partial charge >= 0.3 is 0 Å². The molecule has 1 amide bonds. The van der Waals surface area contributed by atoms with Gasteiger partial charge in [-0.15, -0.1) is 0 Å². The van der Waals surface area contributed by atoms with Gasteiger partial charge in [-0.3, -0.25) is 4.79 Å². The second-order valence-electron chi connectivity index (χ2n) is 4.40. The minimum atomic E-state index is 0.137. The molecular weight excluding hydrogens is 216 g/mol. The predicted octanol–water partition coefficient (Wildman–Crippen LogP) is 0.520. The highest BCUT2D eigenvalue weighted by atomic mass is 16.2. The van der Waals surface area contributed by atoms with E-state index < -0.39 is 0 Å². The molecule has 17 heavy (non-hydrogen) atoms. The van der Waals surface area contributed by atoms with Crippen LogP contribution in [0.4, 0.5) is 17.1 Å². The number of hydrogen-bond acceptors (Lipinski definition) is 4. The Morgan fingerprint density at radius 1 is 1.18 bits per heavy atom. The average Bonchev–Trinajstić information content (AvgIpc) is 2.46. The van der Waals surface area contributed by atoms with Gasteiger partial charge in [-0.25, -0.2) is 0 Å². The molecule has 92 valence electrons. The van der Waals surface area contributed by atoms with Crippen LogP contribution in [0.25, 0.3) is 0 Å². The first-order chi connectivity index (χ1) is 8.08. The summed E-state index contributed by atoms with van der Waals surface area (Å²) in [5, 5.41) is 0. The molecular formula is C12H18N4O. The van der Waals surface area contributed by atoms with Crippen LogP contribution in [-0.4, -0.2) is 37.5 Å². The Morgan fingerprint density at radius 3 is 2.65 bits per heavy atom. The van der Waals surface area contributed by atoms with Crippen LogP contribution in [0.5, 0.6) is 0 Å². The lowest BCUT2D eigenvalue weighted by molar-refractivity contribution is -0.127. The van der Waals surface area contributed by atoms with Crippen LogP contribution >= 0.6 is 0 Å². The summed E-state index contributed by atoms with van der Waals surface area (Å²) < 4.78 is 0. The molecule has 0 spiro atoms. The molecule has 1 aliphatic rings. The molecule has 1 aromatic rings. The number of anilines is 3. The van der Waals surface area contributed by atoms with E-state index in [1.165, 1.54) is 0 Å². The Balaban J connectivity index is 2.21. The number of nitrogens with two attached hydrogens (primary N) is 2. The van der Waals surface area contributed by atoms with E-state index in [-0.39, 0.29) is 5.91 Å². The molecule has 0 unspecified atom stereocenters. The van der Waals surface area contributed by atoms with Gasteiger partial charge < -0.3 is 21.3 Å². The summed E-state index contributed by atoms with van der Waals surface area (Å²) in [6, 6.07) is 5.52. The maximum Gasteiger partial charge on any atom is 0.241 e. The number of hydrogen-bond donors (Lipinski definition) is 2. The summed E-state index contributed by atoms with van der Waals surface area (Å²) in [6.07, 6.45) is 0.965. The van der Waals surface area contributed by atoms with Gasteiger partial charge in [-0.05, 0) is 24.6 Å². The van der Waals surface area contributed by atoms with Crippen molar-refractivity contribution in [3.8, 4) is 0 Å². The van der Waals surface area contributed by atoms with Gasteiger partial charge in [-0.1, -0.05) is 0 Å². The van der Waals surface area contributed by atoms with E-state index in [0.29, 0.717) is 17.9 Å². The minimum Gasteiger partial charge on any atom is -0.397 e. The molecule has 1 aliphatic heterocycles. The van der Waals surface area contributed by atoms with Gasteiger partial charge in [0.15, 0.2) is 0 Å². The van der Waals surface area contributed by atoms with Gasteiger partial charge in [0.25, 0.3) is 0 Å². The largest absolute Gasteiger partial charge is 0.397 e.